The average Bonchev–Trinajstić information content (AvgIpc) is 2.41. The largest absolute Gasteiger partial charge is 0.352 e. The summed E-state index contributed by atoms with van der Waals surface area (Å²) in [4.78, 5) is 23.6. The highest BCUT2D eigenvalue weighted by atomic mass is 16.2. The number of nitrogens with two attached hydrogens (primary N) is 1. The molecule has 4 N–H and O–H groups in total. The number of hydrogen-bond acceptors (Lipinski definition) is 2. The lowest BCUT2D eigenvalue weighted by atomic mass is 9.53. The minimum Gasteiger partial charge on any atom is -0.352 e. The second-order valence-electron chi connectivity index (χ2n) is 8.19. The zero-order valence-corrected chi connectivity index (χ0v) is 13.9. The maximum atomic E-state index is 12.0. The molecule has 124 valence electrons. The molecular weight excluding hydrogens is 278 g/mol. The van der Waals surface area contributed by atoms with Gasteiger partial charge in [-0.2, -0.15) is 0 Å². The van der Waals surface area contributed by atoms with E-state index in [0.717, 1.165) is 17.8 Å². The van der Waals surface area contributed by atoms with Crippen LogP contribution in [0.4, 0.5) is 0 Å². The van der Waals surface area contributed by atoms with Crippen LogP contribution in [0.25, 0.3) is 0 Å². The van der Waals surface area contributed by atoms with Crippen molar-refractivity contribution in [1.29, 1.82) is 0 Å². The summed E-state index contributed by atoms with van der Waals surface area (Å²) in [5, 5.41) is 7.81. The molecule has 4 saturated carbocycles. The Morgan fingerprint density at radius 2 is 1.59 bits per heavy atom. The van der Waals surface area contributed by atoms with Crippen LogP contribution in [0.3, 0.4) is 0 Å². The smallest absolute Gasteiger partial charge is 0.275 e. The van der Waals surface area contributed by atoms with Crippen LogP contribution in [0.1, 0.15) is 52.4 Å². The van der Waals surface area contributed by atoms with E-state index in [1.807, 2.05) is 13.8 Å². The van der Waals surface area contributed by atoms with Crippen molar-refractivity contribution in [3.63, 3.8) is 0 Å². The maximum absolute atomic E-state index is 12.0. The van der Waals surface area contributed by atoms with E-state index in [1.54, 1.807) is 0 Å². The van der Waals surface area contributed by atoms with Crippen molar-refractivity contribution in [3.8, 4) is 0 Å². The van der Waals surface area contributed by atoms with E-state index in [2.05, 4.69) is 16.0 Å². The van der Waals surface area contributed by atoms with Gasteiger partial charge in [-0.3, -0.25) is 9.59 Å². The van der Waals surface area contributed by atoms with Crippen LogP contribution < -0.4 is 16.0 Å². The Hall–Kier alpha value is -1.10. The molecule has 0 aromatic heterocycles. The molecule has 0 atom stereocenters. The molecule has 22 heavy (non-hydrogen) atoms. The van der Waals surface area contributed by atoms with Gasteiger partial charge in [0.1, 0.15) is 0 Å². The lowest BCUT2D eigenvalue weighted by molar-refractivity contribution is -0.730. The van der Waals surface area contributed by atoms with Crippen molar-refractivity contribution < 1.29 is 14.9 Å². The fourth-order valence-electron chi connectivity index (χ4n) is 5.36. The number of carbonyl (C=O) groups is 2. The predicted octanol–water partition coefficient (Wildman–Crippen LogP) is 0.159. The SMILES string of the molecule is CC(C)NC(=O)CNC(=O)C[NH2+]C12CC3CC(CC(C3)C1)C2. The van der Waals surface area contributed by atoms with Gasteiger partial charge >= 0.3 is 0 Å². The van der Waals surface area contributed by atoms with Crippen LogP contribution >= 0.6 is 0 Å². The van der Waals surface area contributed by atoms with E-state index in [4.69, 9.17) is 0 Å². The molecule has 5 nitrogen and oxygen atoms in total. The molecule has 0 aromatic carbocycles. The number of amides is 2. The minimum absolute atomic E-state index is 0.0188. The molecule has 0 saturated heterocycles. The minimum atomic E-state index is -0.113. The monoisotopic (exact) mass is 308 g/mol. The summed E-state index contributed by atoms with van der Waals surface area (Å²) in [6, 6.07) is 0.114. The van der Waals surface area contributed by atoms with Crippen molar-refractivity contribution in [2.45, 2.75) is 64.0 Å². The first-order valence-electron chi connectivity index (χ1n) is 8.84. The summed E-state index contributed by atoms with van der Waals surface area (Å²) in [6.07, 6.45) is 8.15. The van der Waals surface area contributed by atoms with E-state index in [1.165, 1.54) is 38.5 Å². The average molecular weight is 308 g/mol. The summed E-state index contributed by atoms with van der Waals surface area (Å²) in [5.41, 5.74) is 0.326. The van der Waals surface area contributed by atoms with Crippen molar-refractivity contribution in [3.05, 3.63) is 0 Å². The predicted molar refractivity (Wildman–Crippen MR) is 84.0 cm³/mol. The van der Waals surface area contributed by atoms with Crippen molar-refractivity contribution in [1.82, 2.24) is 10.6 Å². The van der Waals surface area contributed by atoms with Crippen molar-refractivity contribution in [2.75, 3.05) is 13.1 Å². The summed E-state index contributed by atoms with van der Waals surface area (Å²) in [6.45, 7) is 4.38. The van der Waals surface area contributed by atoms with E-state index < -0.39 is 0 Å². The lowest BCUT2D eigenvalue weighted by Crippen LogP contribution is -3.00. The molecule has 5 heteroatoms. The van der Waals surface area contributed by atoms with Gasteiger partial charge in [0.25, 0.3) is 5.91 Å². The molecule has 0 unspecified atom stereocenters. The van der Waals surface area contributed by atoms with Gasteiger partial charge in [-0.05, 0) is 50.9 Å². The zero-order chi connectivity index (χ0) is 15.7. The molecule has 0 aliphatic heterocycles. The second-order valence-corrected chi connectivity index (χ2v) is 8.19. The Morgan fingerprint density at radius 3 is 2.09 bits per heavy atom. The normalized spacial score (nSPS) is 35.7. The summed E-state index contributed by atoms with van der Waals surface area (Å²) in [7, 11) is 0. The Labute approximate surface area is 133 Å². The van der Waals surface area contributed by atoms with E-state index in [-0.39, 0.29) is 24.4 Å². The highest BCUT2D eigenvalue weighted by Crippen LogP contribution is 2.54. The molecule has 4 bridgehead atoms. The van der Waals surface area contributed by atoms with Crippen molar-refractivity contribution >= 4 is 11.8 Å². The second kappa shape index (κ2) is 6.19. The van der Waals surface area contributed by atoms with Gasteiger partial charge in [0.15, 0.2) is 6.54 Å². The number of nitrogens with one attached hydrogen (secondary N) is 2. The van der Waals surface area contributed by atoms with Gasteiger partial charge in [0.05, 0.1) is 12.1 Å². The van der Waals surface area contributed by atoms with Gasteiger partial charge in [0.2, 0.25) is 5.91 Å². The third kappa shape index (κ3) is 3.62. The molecule has 0 radical (unpaired) electrons. The first-order chi connectivity index (χ1) is 10.4. The van der Waals surface area contributed by atoms with E-state index >= 15 is 0 Å². The first-order valence-corrected chi connectivity index (χ1v) is 8.84. The quantitative estimate of drug-likeness (QED) is 0.654. The molecule has 4 rings (SSSR count). The highest BCUT2D eigenvalue weighted by Gasteiger charge is 2.53. The molecular formula is C17H30N3O2+. The first kappa shape index (κ1) is 15.8. The number of carbonyl (C=O) groups excluding carboxylic acids is 2. The Morgan fingerprint density at radius 1 is 1.05 bits per heavy atom. The zero-order valence-electron chi connectivity index (χ0n) is 13.9. The maximum Gasteiger partial charge on any atom is 0.275 e. The highest BCUT2D eigenvalue weighted by molar-refractivity contribution is 5.85. The third-order valence-corrected chi connectivity index (χ3v) is 5.70. The van der Waals surface area contributed by atoms with Crippen LogP contribution in [0.15, 0.2) is 0 Å². The molecule has 4 aliphatic carbocycles. The van der Waals surface area contributed by atoms with Crippen LogP contribution in [-0.4, -0.2) is 36.5 Å². The number of rotatable bonds is 6. The topological polar surface area (TPSA) is 74.8 Å². The summed E-state index contributed by atoms with van der Waals surface area (Å²) in [5.74, 6) is 2.58. The standard InChI is InChI=1S/C17H29N3O2/c1-11(2)20-16(22)9-18-15(21)10-19-17-6-12-3-13(7-17)5-14(4-12)8-17/h11-14,19H,3-10H2,1-2H3,(H,18,21)(H,20,22)/p+1. The summed E-state index contributed by atoms with van der Waals surface area (Å²) >= 11 is 0. The number of hydrogen-bond donors (Lipinski definition) is 3. The third-order valence-electron chi connectivity index (χ3n) is 5.70. The molecule has 0 heterocycles. The fraction of sp³-hybridized carbons (Fsp3) is 0.882. The van der Waals surface area contributed by atoms with Crippen molar-refractivity contribution in [2.24, 2.45) is 17.8 Å². The number of quaternary nitrogens is 1. The van der Waals surface area contributed by atoms with Gasteiger partial charge in [-0.25, -0.2) is 0 Å². The van der Waals surface area contributed by atoms with Gasteiger partial charge in [-0.1, -0.05) is 0 Å². The molecule has 4 aliphatic rings. The Balaban J connectivity index is 1.42. The van der Waals surface area contributed by atoms with Crippen LogP contribution in [-0.2, 0) is 9.59 Å². The van der Waals surface area contributed by atoms with Gasteiger partial charge in [-0.15, -0.1) is 0 Å². The van der Waals surface area contributed by atoms with Gasteiger partial charge in [0, 0.05) is 25.3 Å². The summed E-state index contributed by atoms with van der Waals surface area (Å²) < 4.78 is 0. The van der Waals surface area contributed by atoms with Crippen LogP contribution in [0.2, 0.25) is 0 Å². The molecule has 4 fully saturated rings. The van der Waals surface area contributed by atoms with Gasteiger partial charge < -0.3 is 16.0 Å². The molecule has 2 amide bonds. The van der Waals surface area contributed by atoms with E-state index in [9.17, 15) is 9.59 Å². The fourth-order valence-corrected chi connectivity index (χ4v) is 5.36. The molecule has 0 aromatic rings. The van der Waals surface area contributed by atoms with Crippen LogP contribution in [0, 0.1) is 17.8 Å². The van der Waals surface area contributed by atoms with E-state index in [0.29, 0.717) is 12.1 Å². The lowest BCUT2D eigenvalue weighted by Gasteiger charge is -2.54. The van der Waals surface area contributed by atoms with Crippen LogP contribution in [0.5, 0.6) is 0 Å². The Kier molecular flexibility index (Phi) is 4.44. The Bertz CT molecular complexity index is 412. The molecule has 0 spiro atoms.